The Bertz CT molecular complexity index is 351. The maximum absolute atomic E-state index is 5.80. The topological polar surface area (TPSA) is 49.0 Å². The summed E-state index contributed by atoms with van der Waals surface area (Å²) in [6.45, 7) is 9.26. The predicted octanol–water partition coefficient (Wildman–Crippen LogP) is 6.29. The minimum Gasteiger partial charge on any atom is -0.379 e. The molecule has 0 saturated carbocycles. The molecular formula is C27H55NO4. The Kier molecular flexibility index (Phi) is 23.7. The van der Waals surface area contributed by atoms with Crippen molar-refractivity contribution in [3.8, 4) is 0 Å². The zero-order valence-electron chi connectivity index (χ0n) is 21.4. The lowest BCUT2D eigenvalue weighted by atomic mass is 10.0. The number of hydrogen-bond donors (Lipinski definition) is 1. The number of nitrogens with one attached hydrogen (secondary N) is 1. The minimum atomic E-state index is 0.410. The number of rotatable bonds is 25. The monoisotopic (exact) mass is 457 g/mol. The molecule has 32 heavy (non-hydrogen) atoms. The molecule has 0 aromatic carbocycles. The van der Waals surface area contributed by atoms with Gasteiger partial charge in [-0.05, 0) is 32.4 Å². The Hall–Kier alpha value is -0.200. The minimum absolute atomic E-state index is 0.410. The zero-order chi connectivity index (χ0) is 22.8. The van der Waals surface area contributed by atoms with Crippen molar-refractivity contribution < 1.29 is 18.9 Å². The first kappa shape index (κ1) is 29.8. The van der Waals surface area contributed by atoms with Crippen molar-refractivity contribution in [3.05, 3.63) is 0 Å². The molecule has 0 amide bonds. The summed E-state index contributed by atoms with van der Waals surface area (Å²) in [5, 5.41) is 3.35. The van der Waals surface area contributed by atoms with E-state index in [0.717, 1.165) is 32.5 Å². The Labute approximate surface area is 199 Å². The van der Waals surface area contributed by atoms with Crippen LogP contribution < -0.4 is 5.32 Å². The summed E-state index contributed by atoms with van der Waals surface area (Å²) in [4.78, 5) is 0. The molecule has 5 heteroatoms. The predicted molar refractivity (Wildman–Crippen MR) is 135 cm³/mol. The van der Waals surface area contributed by atoms with E-state index in [2.05, 4.69) is 12.2 Å². The van der Waals surface area contributed by atoms with E-state index in [1.807, 2.05) is 0 Å². The van der Waals surface area contributed by atoms with Gasteiger partial charge in [0.15, 0.2) is 0 Å². The van der Waals surface area contributed by atoms with E-state index in [9.17, 15) is 0 Å². The fraction of sp³-hybridized carbons (Fsp3) is 1.00. The first-order chi connectivity index (χ1) is 15.9. The third-order valence-corrected chi connectivity index (χ3v) is 6.25. The van der Waals surface area contributed by atoms with Crippen molar-refractivity contribution in [1.82, 2.24) is 5.32 Å². The van der Waals surface area contributed by atoms with Crippen LogP contribution in [0.3, 0.4) is 0 Å². The molecule has 1 N–H and O–H groups in total. The van der Waals surface area contributed by atoms with E-state index >= 15 is 0 Å². The maximum Gasteiger partial charge on any atom is 0.0704 e. The summed E-state index contributed by atoms with van der Waals surface area (Å²) < 4.78 is 22.6. The molecule has 1 rings (SSSR count). The summed E-state index contributed by atoms with van der Waals surface area (Å²) in [5.74, 6) is 0. The van der Waals surface area contributed by atoms with Gasteiger partial charge in [-0.15, -0.1) is 0 Å². The second kappa shape index (κ2) is 25.4. The van der Waals surface area contributed by atoms with Crippen LogP contribution in [0.4, 0.5) is 0 Å². The van der Waals surface area contributed by atoms with Gasteiger partial charge in [-0.25, -0.2) is 0 Å². The normalized spacial score (nSPS) is 14.9. The molecule has 0 atom stereocenters. The lowest BCUT2D eigenvalue weighted by Crippen LogP contribution is -2.33. The highest BCUT2D eigenvalue weighted by Gasteiger charge is 2.12. The SMILES string of the molecule is CCCCCCCCCCCCCCCCOCCOCCOCCOC1CCNCC1. The molecule has 0 spiro atoms. The van der Waals surface area contributed by atoms with Crippen LogP contribution >= 0.6 is 0 Å². The van der Waals surface area contributed by atoms with Gasteiger partial charge < -0.3 is 24.3 Å². The van der Waals surface area contributed by atoms with Crippen LogP contribution in [0.15, 0.2) is 0 Å². The molecule has 0 unspecified atom stereocenters. The Morgan fingerprint density at radius 2 is 0.906 bits per heavy atom. The average molecular weight is 458 g/mol. The van der Waals surface area contributed by atoms with Crippen LogP contribution in [-0.4, -0.2) is 65.4 Å². The molecule has 192 valence electrons. The molecule has 1 saturated heterocycles. The summed E-state index contributed by atoms with van der Waals surface area (Å²) >= 11 is 0. The van der Waals surface area contributed by atoms with Gasteiger partial charge in [0, 0.05) is 6.61 Å². The molecule has 5 nitrogen and oxygen atoms in total. The standard InChI is InChI=1S/C27H55NO4/c1-2-3-4-5-6-7-8-9-10-11-12-13-14-15-20-29-21-22-30-23-24-31-25-26-32-27-16-18-28-19-17-27/h27-28H,2-26H2,1H3. The second-order valence-electron chi connectivity index (χ2n) is 9.25. The fourth-order valence-corrected chi connectivity index (χ4v) is 4.18. The first-order valence-corrected chi connectivity index (χ1v) is 14.0. The number of ether oxygens (including phenoxy) is 4. The molecule has 1 heterocycles. The number of unbranched alkanes of at least 4 members (excludes halogenated alkanes) is 13. The number of piperidine rings is 1. The Morgan fingerprint density at radius 3 is 1.41 bits per heavy atom. The summed E-state index contributed by atoms with van der Waals surface area (Å²) in [6, 6.07) is 0. The summed E-state index contributed by atoms with van der Waals surface area (Å²) in [5.41, 5.74) is 0. The molecule has 0 aromatic rings. The quantitative estimate of drug-likeness (QED) is 0.163. The maximum atomic E-state index is 5.80. The summed E-state index contributed by atoms with van der Waals surface area (Å²) in [7, 11) is 0. The van der Waals surface area contributed by atoms with E-state index in [4.69, 9.17) is 18.9 Å². The van der Waals surface area contributed by atoms with E-state index in [1.165, 1.54) is 89.9 Å². The highest BCUT2D eigenvalue weighted by molar-refractivity contribution is 4.67. The largest absolute Gasteiger partial charge is 0.379 e. The lowest BCUT2D eigenvalue weighted by Gasteiger charge is -2.22. The molecule has 1 fully saturated rings. The van der Waals surface area contributed by atoms with Crippen molar-refractivity contribution >= 4 is 0 Å². The third kappa shape index (κ3) is 21.6. The van der Waals surface area contributed by atoms with Crippen LogP contribution in [-0.2, 0) is 18.9 Å². The molecule has 0 aliphatic carbocycles. The van der Waals surface area contributed by atoms with E-state index in [0.29, 0.717) is 45.7 Å². The van der Waals surface area contributed by atoms with Gasteiger partial charge in [-0.2, -0.15) is 0 Å². The Morgan fingerprint density at radius 1 is 0.500 bits per heavy atom. The van der Waals surface area contributed by atoms with Gasteiger partial charge in [0.05, 0.1) is 45.7 Å². The van der Waals surface area contributed by atoms with E-state index < -0.39 is 0 Å². The van der Waals surface area contributed by atoms with Crippen molar-refractivity contribution in [1.29, 1.82) is 0 Å². The summed E-state index contributed by atoms with van der Waals surface area (Å²) in [6.07, 6.45) is 22.2. The van der Waals surface area contributed by atoms with Crippen LogP contribution in [0.25, 0.3) is 0 Å². The second-order valence-corrected chi connectivity index (χ2v) is 9.25. The van der Waals surface area contributed by atoms with Crippen molar-refractivity contribution in [2.75, 3.05) is 59.3 Å². The van der Waals surface area contributed by atoms with Crippen LogP contribution in [0.5, 0.6) is 0 Å². The van der Waals surface area contributed by atoms with Crippen LogP contribution in [0.2, 0.25) is 0 Å². The van der Waals surface area contributed by atoms with Gasteiger partial charge in [0.2, 0.25) is 0 Å². The third-order valence-electron chi connectivity index (χ3n) is 6.25. The van der Waals surface area contributed by atoms with E-state index in [-0.39, 0.29) is 0 Å². The van der Waals surface area contributed by atoms with Crippen LogP contribution in [0.1, 0.15) is 110 Å². The molecular weight excluding hydrogens is 402 g/mol. The van der Waals surface area contributed by atoms with Gasteiger partial charge >= 0.3 is 0 Å². The average Bonchev–Trinajstić information content (AvgIpc) is 2.82. The van der Waals surface area contributed by atoms with Gasteiger partial charge in [0.1, 0.15) is 0 Å². The molecule has 1 aliphatic rings. The molecule has 0 bridgehead atoms. The molecule has 0 aromatic heterocycles. The van der Waals surface area contributed by atoms with Crippen LogP contribution in [0, 0.1) is 0 Å². The van der Waals surface area contributed by atoms with Gasteiger partial charge in [-0.3, -0.25) is 0 Å². The van der Waals surface area contributed by atoms with Gasteiger partial charge in [0.25, 0.3) is 0 Å². The zero-order valence-corrected chi connectivity index (χ0v) is 21.4. The highest BCUT2D eigenvalue weighted by Crippen LogP contribution is 2.13. The van der Waals surface area contributed by atoms with Crippen molar-refractivity contribution in [2.24, 2.45) is 0 Å². The van der Waals surface area contributed by atoms with Crippen molar-refractivity contribution in [2.45, 2.75) is 116 Å². The molecule has 1 aliphatic heterocycles. The first-order valence-electron chi connectivity index (χ1n) is 14.0. The lowest BCUT2D eigenvalue weighted by molar-refractivity contribution is -0.0252. The Balaban J connectivity index is 1.62. The highest BCUT2D eigenvalue weighted by atomic mass is 16.6. The fourth-order valence-electron chi connectivity index (χ4n) is 4.18. The molecule has 0 radical (unpaired) electrons. The van der Waals surface area contributed by atoms with Gasteiger partial charge in [-0.1, -0.05) is 90.4 Å². The smallest absolute Gasteiger partial charge is 0.0704 e. The number of hydrogen-bond acceptors (Lipinski definition) is 5. The van der Waals surface area contributed by atoms with E-state index in [1.54, 1.807) is 0 Å². The van der Waals surface area contributed by atoms with Crippen molar-refractivity contribution in [3.63, 3.8) is 0 Å².